The number of thiazole rings is 1. The summed E-state index contributed by atoms with van der Waals surface area (Å²) in [6, 6.07) is 5.78. The highest BCUT2D eigenvalue weighted by molar-refractivity contribution is 7.20. The summed E-state index contributed by atoms with van der Waals surface area (Å²) in [4.78, 5) is 17.2. The first-order chi connectivity index (χ1) is 10.4. The van der Waals surface area contributed by atoms with Crippen molar-refractivity contribution in [2.75, 3.05) is 0 Å². The number of benzene rings is 1. The van der Waals surface area contributed by atoms with Crippen LogP contribution in [0.2, 0.25) is 8.67 Å². The van der Waals surface area contributed by atoms with Crippen molar-refractivity contribution in [2.24, 2.45) is 12.0 Å². The van der Waals surface area contributed by atoms with Crippen LogP contribution in [0.15, 0.2) is 23.2 Å². The molecule has 0 aliphatic rings. The Hall–Kier alpha value is -1.14. The second-order valence-corrected chi connectivity index (χ2v) is 8.29. The number of rotatable bonds is 1. The maximum Gasteiger partial charge on any atom is 0.282 e. The van der Waals surface area contributed by atoms with E-state index in [-0.39, 0.29) is 5.91 Å². The van der Waals surface area contributed by atoms with Gasteiger partial charge < -0.3 is 4.57 Å². The molecule has 1 aromatic carbocycles. The maximum atomic E-state index is 12.3. The molecule has 3 aromatic rings. The van der Waals surface area contributed by atoms with E-state index in [1.807, 2.05) is 11.6 Å². The molecule has 2 heterocycles. The lowest BCUT2D eigenvalue weighted by Gasteiger charge is -2.00. The van der Waals surface area contributed by atoms with Crippen LogP contribution in [0.25, 0.3) is 10.2 Å². The fourth-order valence-electron chi connectivity index (χ4n) is 2.31. The van der Waals surface area contributed by atoms with Crippen LogP contribution < -0.4 is 4.80 Å². The molecular formula is C15H12Cl2N2OS2. The van der Waals surface area contributed by atoms with Gasteiger partial charge in [-0.1, -0.05) is 40.6 Å². The molecule has 0 aliphatic carbocycles. The number of thiophene rings is 1. The Morgan fingerprint density at radius 2 is 1.91 bits per heavy atom. The van der Waals surface area contributed by atoms with E-state index in [0.29, 0.717) is 19.0 Å². The van der Waals surface area contributed by atoms with E-state index >= 15 is 0 Å². The molecule has 0 N–H and O–H groups in total. The monoisotopic (exact) mass is 370 g/mol. The molecule has 2 aromatic heterocycles. The molecule has 7 heteroatoms. The molecule has 3 nitrogen and oxygen atoms in total. The Bertz CT molecular complexity index is 966. The van der Waals surface area contributed by atoms with Crippen molar-refractivity contribution in [1.82, 2.24) is 4.57 Å². The van der Waals surface area contributed by atoms with Crippen LogP contribution >= 0.6 is 45.9 Å². The molecule has 0 atom stereocenters. The van der Waals surface area contributed by atoms with Gasteiger partial charge in [0, 0.05) is 7.05 Å². The summed E-state index contributed by atoms with van der Waals surface area (Å²) < 4.78 is 3.92. The Balaban J connectivity index is 2.18. The summed E-state index contributed by atoms with van der Waals surface area (Å²) in [5, 5.41) is 0. The number of aryl methyl sites for hydroxylation is 3. The highest BCUT2D eigenvalue weighted by Crippen LogP contribution is 2.31. The molecular weight excluding hydrogens is 359 g/mol. The minimum atomic E-state index is -0.371. The zero-order valence-electron chi connectivity index (χ0n) is 12.1. The van der Waals surface area contributed by atoms with Gasteiger partial charge in [0.15, 0.2) is 4.80 Å². The summed E-state index contributed by atoms with van der Waals surface area (Å²) in [7, 11) is 1.91. The van der Waals surface area contributed by atoms with Gasteiger partial charge in [0.2, 0.25) is 0 Å². The third-order valence-electron chi connectivity index (χ3n) is 3.33. The number of carbonyl (C=O) groups excluding carboxylic acids is 1. The third-order valence-corrected chi connectivity index (χ3v) is 6.10. The van der Waals surface area contributed by atoms with Crippen molar-refractivity contribution in [2.45, 2.75) is 13.8 Å². The average Bonchev–Trinajstić information content (AvgIpc) is 2.92. The second kappa shape index (κ2) is 5.81. The minimum Gasteiger partial charge on any atom is -0.319 e. The number of nitrogens with zero attached hydrogens (tertiary/aromatic N) is 2. The summed E-state index contributed by atoms with van der Waals surface area (Å²) in [5.41, 5.74) is 3.79. The first kappa shape index (κ1) is 15.7. The molecule has 0 fully saturated rings. The van der Waals surface area contributed by atoms with Crippen LogP contribution in [-0.2, 0) is 7.05 Å². The minimum absolute atomic E-state index is 0.349. The number of hydrogen-bond acceptors (Lipinski definition) is 3. The summed E-state index contributed by atoms with van der Waals surface area (Å²) in [5.74, 6) is -0.371. The largest absolute Gasteiger partial charge is 0.319 e. The molecule has 114 valence electrons. The summed E-state index contributed by atoms with van der Waals surface area (Å²) in [6.45, 7) is 4.12. The van der Waals surface area contributed by atoms with E-state index in [2.05, 4.69) is 31.0 Å². The van der Waals surface area contributed by atoms with Crippen LogP contribution in [0.3, 0.4) is 0 Å². The van der Waals surface area contributed by atoms with Crippen molar-refractivity contribution in [3.8, 4) is 0 Å². The molecule has 0 bridgehead atoms. The maximum absolute atomic E-state index is 12.3. The third kappa shape index (κ3) is 2.74. The second-order valence-electron chi connectivity index (χ2n) is 5.03. The fraction of sp³-hybridized carbons (Fsp3) is 0.200. The van der Waals surface area contributed by atoms with E-state index in [4.69, 9.17) is 23.2 Å². The quantitative estimate of drug-likeness (QED) is 0.595. The molecule has 1 amide bonds. The predicted octanol–water partition coefficient (Wildman–Crippen LogP) is 4.97. The van der Waals surface area contributed by atoms with Gasteiger partial charge in [0.25, 0.3) is 5.91 Å². The average molecular weight is 371 g/mol. The lowest BCUT2D eigenvalue weighted by atomic mass is 10.1. The van der Waals surface area contributed by atoms with Crippen LogP contribution in [0.1, 0.15) is 21.5 Å². The molecule has 0 unspecified atom stereocenters. The number of fused-ring (bicyclic) bond motifs is 1. The molecule has 0 saturated carbocycles. The molecule has 0 aliphatic heterocycles. The van der Waals surface area contributed by atoms with Crippen molar-refractivity contribution >= 4 is 62.0 Å². The Labute approximate surface area is 145 Å². The molecule has 3 rings (SSSR count). The number of aromatic nitrogens is 1. The van der Waals surface area contributed by atoms with Crippen LogP contribution in [0.4, 0.5) is 0 Å². The van der Waals surface area contributed by atoms with Gasteiger partial charge in [0.05, 0.1) is 20.1 Å². The highest BCUT2D eigenvalue weighted by Gasteiger charge is 2.14. The molecule has 0 spiro atoms. The van der Waals surface area contributed by atoms with Gasteiger partial charge in [-0.05, 0) is 37.1 Å². The smallest absolute Gasteiger partial charge is 0.282 e. The van der Waals surface area contributed by atoms with Crippen molar-refractivity contribution < 1.29 is 4.79 Å². The first-order valence-corrected chi connectivity index (χ1v) is 8.86. The fourth-order valence-corrected chi connectivity index (χ4v) is 4.82. The van der Waals surface area contributed by atoms with Gasteiger partial charge in [0.1, 0.15) is 4.34 Å². The highest BCUT2D eigenvalue weighted by atomic mass is 35.5. The summed E-state index contributed by atoms with van der Waals surface area (Å²) >= 11 is 14.6. The Morgan fingerprint density at radius 1 is 1.18 bits per heavy atom. The lowest BCUT2D eigenvalue weighted by molar-refractivity contribution is 0.0998. The van der Waals surface area contributed by atoms with Gasteiger partial charge in [-0.15, -0.1) is 11.3 Å². The molecule has 0 radical (unpaired) electrons. The van der Waals surface area contributed by atoms with Crippen molar-refractivity contribution in [1.29, 1.82) is 0 Å². The van der Waals surface area contributed by atoms with E-state index < -0.39 is 0 Å². The lowest BCUT2D eigenvalue weighted by Crippen LogP contribution is -2.13. The number of carbonyl (C=O) groups is 1. The van der Waals surface area contributed by atoms with Gasteiger partial charge in [-0.2, -0.15) is 4.99 Å². The topological polar surface area (TPSA) is 34.4 Å². The van der Waals surface area contributed by atoms with Gasteiger partial charge >= 0.3 is 0 Å². The molecule has 0 saturated heterocycles. The van der Waals surface area contributed by atoms with E-state index in [0.717, 1.165) is 10.2 Å². The Morgan fingerprint density at radius 3 is 2.55 bits per heavy atom. The van der Waals surface area contributed by atoms with Crippen LogP contribution in [-0.4, -0.2) is 10.5 Å². The van der Waals surface area contributed by atoms with Crippen molar-refractivity contribution in [3.05, 3.63) is 48.4 Å². The number of hydrogen-bond donors (Lipinski definition) is 0. The van der Waals surface area contributed by atoms with Crippen molar-refractivity contribution in [3.63, 3.8) is 0 Å². The zero-order chi connectivity index (χ0) is 16.0. The first-order valence-electron chi connectivity index (χ1n) is 6.47. The Kier molecular flexibility index (Phi) is 4.16. The van der Waals surface area contributed by atoms with E-state index in [9.17, 15) is 4.79 Å². The van der Waals surface area contributed by atoms with Gasteiger partial charge in [-0.3, -0.25) is 4.79 Å². The zero-order valence-corrected chi connectivity index (χ0v) is 15.3. The van der Waals surface area contributed by atoms with E-state index in [1.54, 1.807) is 6.07 Å². The predicted molar refractivity (Wildman–Crippen MR) is 94.5 cm³/mol. The number of amides is 1. The molecule has 22 heavy (non-hydrogen) atoms. The van der Waals surface area contributed by atoms with Crippen LogP contribution in [0.5, 0.6) is 0 Å². The van der Waals surface area contributed by atoms with Crippen LogP contribution in [0, 0.1) is 13.8 Å². The normalized spacial score (nSPS) is 12.3. The summed E-state index contributed by atoms with van der Waals surface area (Å²) in [6.07, 6.45) is 0. The standard InChI is InChI=1S/C15H12Cl2N2OS2/c1-7-4-8(2)12-10(5-7)19(3)15(22-12)18-14(20)9-6-11(16)21-13(9)17/h4-6H,1-3H3. The SMILES string of the molecule is Cc1cc(C)c2sc(=NC(=O)c3cc(Cl)sc3Cl)n(C)c2c1. The van der Waals surface area contributed by atoms with E-state index in [1.165, 1.54) is 33.8 Å². The number of halogens is 2. The van der Waals surface area contributed by atoms with Gasteiger partial charge in [-0.25, -0.2) is 0 Å².